The zero-order valence-electron chi connectivity index (χ0n) is 12.4. The lowest BCUT2D eigenvalue weighted by molar-refractivity contribution is -0.128. The van der Waals surface area contributed by atoms with Gasteiger partial charge < -0.3 is 14.4 Å². The van der Waals surface area contributed by atoms with Crippen molar-refractivity contribution in [3.05, 3.63) is 23.8 Å². The van der Waals surface area contributed by atoms with Crippen LogP contribution in [-0.4, -0.2) is 41.9 Å². The maximum atomic E-state index is 12.1. The van der Waals surface area contributed by atoms with Crippen molar-refractivity contribution in [1.29, 1.82) is 0 Å². The minimum atomic E-state index is 0.0377. The largest absolute Gasteiger partial charge is 0.496 e. The first-order valence-corrected chi connectivity index (χ1v) is 7.58. The van der Waals surface area contributed by atoms with Crippen LogP contribution in [0.4, 0.5) is 0 Å². The van der Waals surface area contributed by atoms with E-state index >= 15 is 0 Å². The minimum Gasteiger partial charge on any atom is -0.496 e. The van der Waals surface area contributed by atoms with Crippen LogP contribution in [0.1, 0.15) is 18.9 Å². The maximum absolute atomic E-state index is 12.1. The van der Waals surface area contributed by atoms with Gasteiger partial charge in [-0.2, -0.15) is 0 Å². The molecule has 5 nitrogen and oxygen atoms in total. The first kappa shape index (κ1) is 15.7. The molecule has 21 heavy (non-hydrogen) atoms. The van der Waals surface area contributed by atoms with Gasteiger partial charge in [0, 0.05) is 25.1 Å². The van der Waals surface area contributed by atoms with Crippen molar-refractivity contribution in [3.8, 4) is 11.5 Å². The van der Waals surface area contributed by atoms with Crippen LogP contribution in [0.2, 0.25) is 0 Å². The molecule has 2 rings (SSSR count). The van der Waals surface area contributed by atoms with Gasteiger partial charge in [-0.1, -0.05) is 17.8 Å². The Balaban J connectivity index is 2.15. The zero-order chi connectivity index (χ0) is 15.4. The fraction of sp³-hybridized carbons (Fsp3) is 0.467. The number of carbonyl (C=O) groups excluding carboxylic acids is 2. The van der Waals surface area contributed by atoms with E-state index in [0.29, 0.717) is 31.0 Å². The Kier molecular flexibility index (Phi) is 5.12. The highest BCUT2D eigenvalue weighted by molar-refractivity contribution is 8.14. The van der Waals surface area contributed by atoms with Crippen molar-refractivity contribution < 1.29 is 19.1 Å². The molecule has 1 heterocycles. The Morgan fingerprint density at radius 3 is 2.48 bits per heavy atom. The molecule has 0 N–H and O–H groups in total. The number of hydrogen-bond donors (Lipinski definition) is 0. The van der Waals surface area contributed by atoms with E-state index in [0.717, 1.165) is 5.56 Å². The summed E-state index contributed by atoms with van der Waals surface area (Å²) in [6.45, 7) is 2.53. The molecule has 1 aromatic rings. The number of benzene rings is 1. The van der Waals surface area contributed by atoms with Crippen molar-refractivity contribution in [2.24, 2.45) is 0 Å². The quantitative estimate of drug-likeness (QED) is 0.833. The topological polar surface area (TPSA) is 55.8 Å². The average Bonchev–Trinajstić information content (AvgIpc) is 2.78. The SMILES string of the molecule is COc1cccc(OC)c1CN1CC(SC(C)=O)CC1=O. The zero-order valence-corrected chi connectivity index (χ0v) is 13.2. The predicted molar refractivity (Wildman–Crippen MR) is 81.6 cm³/mol. The normalized spacial score (nSPS) is 18.0. The second-order valence-electron chi connectivity index (χ2n) is 4.85. The number of rotatable bonds is 5. The van der Waals surface area contributed by atoms with Gasteiger partial charge in [-0.3, -0.25) is 9.59 Å². The highest BCUT2D eigenvalue weighted by Crippen LogP contribution is 2.32. The van der Waals surface area contributed by atoms with Gasteiger partial charge in [0.25, 0.3) is 0 Å². The molecule has 6 heteroatoms. The molecule has 0 bridgehead atoms. The molecule has 1 atom stereocenters. The van der Waals surface area contributed by atoms with Gasteiger partial charge in [0.05, 0.1) is 26.3 Å². The number of hydrogen-bond acceptors (Lipinski definition) is 5. The van der Waals surface area contributed by atoms with Crippen LogP contribution < -0.4 is 9.47 Å². The van der Waals surface area contributed by atoms with Gasteiger partial charge in [-0.15, -0.1) is 0 Å². The molecule has 0 aromatic heterocycles. The molecule has 1 aromatic carbocycles. The first-order valence-electron chi connectivity index (χ1n) is 6.70. The van der Waals surface area contributed by atoms with E-state index in [1.54, 1.807) is 19.1 Å². The summed E-state index contributed by atoms with van der Waals surface area (Å²) in [5.41, 5.74) is 0.851. The molecular weight excluding hydrogens is 290 g/mol. The number of likely N-dealkylation sites (tertiary alicyclic amines) is 1. The molecule has 1 unspecified atom stereocenters. The molecular formula is C15H19NO4S. The second kappa shape index (κ2) is 6.85. The molecule has 1 fully saturated rings. The molecule has 1 amide bonds. The Morgan fingerprint density at radius 1 is 1.33 bits per heavy atom. The summed E-state index contributed by atoms with van der Waals surface area (Å²) < 4.78 is 10.7. The fourth-order valence-electron chi connectivity index (χ4n) is 2.48. The lowest BCUT2D eigenvalue weighted by Gasteiger charge is -2.20. The van der Waals surface area contributed by atoms with Crippen LogP contribution in [0.3, 0.4) is 0 Å². The third kappa shape index (κ3) is 3.69. The Morgan fingerprint density at radius 2 is 1.95 bits per heavy atom. The number of thioether (sulfide) groups is 1. The van der Waals surface area contributed by atoms with Crippen LogP contribution in [0.15, 0.2) is 18.2 Å². The highest BCUT2D eigenvalue weighted by atomic mass is 32.2. The highest BCUT2D eigenvalue weighted by Gasteiger charge is 2.32. The Labute approximate surface area is 128 Å². The summed E-state index contributed by atoms with van der Waals surface area (Å²) in [5.74, 6) is 1.45. The lowest BCUT2D eigenvalue weighted by Crippen LogP contribution is -2.25. The second-order valence-corrected chi connectivity index (χ2v) is 6.33. The summed E-state index contributed by atoms with van der Waals surface area (Å²) >= 11 is 1.24. The molecule has 0 spiro atoms. The van der Waals surface area contributed by atoms with Gasteiger partial charge in [-0.25, -0.2) is 0 Å². The van der Waals surface area contributed by atoms with E-state index in [2.05, 4.69) is 0 Å². The number of amides is 1. The smallest absolute Gasteiger partial charge is 0.224 e. The number of carbonyl (C=O) groups is 2. The predicted octanol–water partition coefficient (Wildman–Crippen LogP) is 2.08. The fourth-order valence-corrected chi connectivity index (χ4v) is 3.43. The monoisotopic (exact) mass is 309 g/mol. The van der Waals surface area contributed by atoms with Crippen molar-refractivity contribution in [2.75, 3.05) is 20.8 Å². The van der Waals surface area contributed by atoms with Crippen LogP contribution >= 0.6 is 11.8 Å². The Bertz CT molecular complexity index is 524. The van der Waals surface area contributed by atoms with Gasteiger partial charge in [-0.05, 0) is 12.1 Å². The molecule has 0 radical (unpaired) electrons. The lowest BCUT2D eigenvalue weighted by atomic mass is 10.1. The molecule has 114 valence electrons. The van der Waals surface area contributed by atoms with Crippen molar-refractivity contribution >= 4 is 22.8 Å². The Hall–Kier alpha value is -1.69. The van der Waals surface area contributed by atoms with Crippen LogP contribution in [0, 0.1) is 0 Å². The summed E-state index contributed by atoms with van der Waals surface area (Å²) in [5, 5.41) is 0.0835. The van der Waals surface area contributed by atoms with E-state index < -0.39 is 0 Å². The van der Waals surface area contributed by atoms with Crippen LogP contribution in [0.25, 0.3) is 0 Å². The number of ether oxygens (including phenoxy) is 2. The van der Waals surface area contributed by atoms with Gasteiger partial charge in [0.15, 0.2) is 5.12 Å². The average molecular weight is 309 g/mol. The molecule has 0 saturated carbocycles. The number of methoxy groups -OCH3 is 2. The van der Waals surface area contributed by atoms with Crippen molar-refractivity contribution in [1.82, 2.24) is 4.90 Å². The third-order valence-electron chi connectivity index (χ3n) is 3.39. The van der Waals surface area contributed by atoms with E-state index in [-0.39, 0.29) is 16.3 Å². The van der Waals surface area contributed by atoms with Gasteiger partial charge in [0.1, 0.15) is 11.5 Å². The van der Waals surface area contributed by atoms with Crippen LogP contribution in [-0.2, 0) is 16.1 Å². The standard InChI is InChI=1S/C15H19NO4S/c1-10(17)21-11-7-15(18)16(8-11)9-12-13(19-2)5-4-6-14(12)20-3/h4-6,11H,7-9H2,1-3H3. The summed E-state index contributed by atoms with van der Waals surface area (Å²) in [7, 11) is 3.19. The summed E-state index contributed by atoms with van der Waals surface area (Å²) in [6.07, 6.45) is 0.404. The maximum Gasteiger partial charge on any atom is 0.224 e. The van der Waals surface area contributed by atoms with Gasteiger partial charge in [0.2, 0.25) is 5.91 Å². The van der Waals surface area contributed by atoms with Gasteiger partial charge >= 0.3 is 0 Å². The van der Waals surface area contributed by atoms with E-state index in [9.17, 15) is 9.59 Å². The van der Waals surface area contributed by atoms with E-state index in [1.165, 1.54) is 18.7 Å². The summed E-state index contributed by atoms with van der Waals surface area (Å²) in [6, 6.07) is 5.54. The molecule has 1 aliphatic rings. The minimum absolute atomic E-state index is 0.0377. The summed E-state index contributed by atoms with van der Waals surface area (Å²) in [4.78, 5) is 25.0. The molecule has 1 aliphatic heterocycles. The first-order chi connectivity index (χ1) is 10.0. The van der Waals surface area contributed by atoms with Crippen LogP contribution in [0.5, 0.6) is 11.5 Å². The third-order valence-corrected chi connectivity index (χ3v) is 4.37. The van der Waals surface area contributed by atoms with E-state index in [1.807, 2.05) is 18.2 Å². The van der Waals surface area contributed by atoms with Crippen molar-refractivity contribution in [3.63, 3.8) is 0 Å². The van der Waals surface area contributed by atoms with Crippen molar-refractivity contribution in [2.45, 2.75) is 25.1 Å². The number of nitrogens with zero attached hydrogens (tertiary/aromatic N) is 1. The van der Waals surface area contributed by atoms with E-state index in [4.69, 9.17) is 9.47 Å². The molecule has 1 saturated heterocycles. The molecule has 0 aliphatic carbocycles.